The van der Waals surface area contributed by atoms with Crippen molar-refractivity contribution in [2.24, 2.45) is 0 Å². The van der Waals surface area contributed by atoms with Crippen LogP contribution in [0.5, 0.6) is 11.5 Å². The van der Waals surface area contributed by atoms with E-state index < -0.39 is 0 Å². The summed E-state index contributed by atoms with van der Waals surface area (Å²) >= 11 is 0. The smallest absolute Gasteiger partial charge is 0.227 e. The van der Waals surface area contributed by atoms with Gasteiger partial charge in [0, 0.05) is 32.2 Å². The Balaban J connectivity index is 0.00000408. The zero-order chi connectivity index (χ0) is 23.8. The Morgan fingerprint density at radius 2 is 1.71 bits per heavy atom. The summed E-state index contributed by atoms with van der Waals surface area (Å²) in [7, 11) is 5.37. The van der Waals surface area contributed by atoms with Gasteiger partial charge in [-0.2, -0.15) is 0 Å². The number of halogens is 1. The fourth-order valence-electron chi connectivity index (χ4n) is 4.17. The molecule has 0 saturated carbocycles. The SMILES string of the molecule is COc1cc2c(cc1OC)CC(=O)N(CCCN(C)CCc1ccc(NC(C)=O)cc1)CC2.Cl. The highest BCUT2D eigenvalue weighted by molar-refractivity contribution is 5.88. The molecule has 0 radical (unpaired) electrons. The highest BCUT2D eigenvalue weighted by Crippen LogP contribution is 2.32. The summed E-state index contributed by atoms with van der Waals surface area (Å²) < 4.78 is 10.8. The Hall–Kier alpha value is -2.77. The van der Waals surface area contributed by atoms with Crippen LogP contribution in [0.25, 0.3) is 0 Å². The van der Waals surface area contributed by atoms with Crippen LogP contribution in [-0.2, 0) is 28.9 Å². The van der Waals surface area contributed by atoms with E-state index in [2.05, 4.69) is 29.4 Å². The average molecular weight is 490 g/mol. The Labute approximate surface area is 208 Å². The molecule has 2 amide bonds. The highest BCUT2D eigenvalue weighted by atomic mass is 35.5. The molecule has 1 N–H and O–H groups in total. The molecule has 34 heavy (non-hydrogen) atoms. The number of anilines is 1. The van der Waals surface area contributed by atoms with Crippen LogP contribution >= 0.6 is 12.4 Å². The van der Waals surface area contributed by atoms with E-state index >= 15 is 0 Å². The van der Waals surface area contributed by atoms with Gasteiger partial charge < -0.3 is 24.6 Å². The van der Waals surface area contributed by atoms with E-state index in [0.717, 1.165) is 62.3 Å². The standard InChI is InChI=1S/C26H35N3O4.ClH/c1-19(30)27-23-8-6-20(7-9-23)10-14-28(2)12-5-13-29-15-11-21-16-24(32-3)25(33-4)17-22(21)18-26(29)31;/h6-9,16-17H,5,10-15,18H2,1-4H3,(H,27,30);1H. The quantitative estimate of drug-likeness (QED) is 0.552. The number of rotatable bonds is 10. The molecule has 0 bridgehead atoms. The molecule has 0 aromatic heterocycles. The van der Waals surface area contributed by atoms with Crippen molar-refractivity contribution >= 4 is 29.9 Å². The summed E-state index contributed by atoms with van der Waals surface area (Å²) in [5.41, 5.74) is 4.25. The Morgan fingerprint density at radius 1 is 1.06 bits per heavy atom. The van der Waals surface area contributed by atoms with Gasteiger partial charge >= 0.3 is 0 Å². The number of nitrogens with zero attached hydrogens (tertiary/aromatic N) is 2. The van der Waals surface area contributed by atoms with E-state index in [1.807, 2.05) is 29.2 Å². The number of hydrogen-bond acceptors (Lipinski definition) is 5. The molecule has 0 unspecified atom stereocenters. The summed E-state index contributed by atoms with van der Waals surface area (Å²) in [4.78, 5) is 28.2. The molecule has 1 aliphatic rings. The Morgan fingerprint density at radius 3 is 2.32 bits per heavy atom. The first-order valence-corrected chi connectivity index (χ1v) is 11.5. The molecule has 7 nitrogen and oxygen atoms in total. The Bertz CT molecular complexity index is 965. The lowest BCUT2D eigenvalue weighted by molar-refractivity contribution is -0.130. The first kappa shape index (κ1) is 27.5. The highest BCUT2D eigenvalue weighted by Gasteiger charge is 2.22. The molecule has 1 heterocycles. The van der Waals surface area contributed by atoms with E-state index in [9.17, 15) is 9.59 Å². The maximum Gasteiger partial charge on any atom is 0.227 e. The summed E-state index contributed by atoms with van der Waals surface area (Å²) in [6, 6.07) is 11.9. The summed E-state index contributed by atoms with van der Waals surface area (Å²) in [6.45, 7) is 4.87. The van der Waals surface area contributed by atoms with Gasteiger partial charge in [0.25, 0.3) is 0 Å². The molecule has 2 aromatic carbocycles. The second-order valence-corrected chi connectivity index (χ2v) is 8.57. The number of methoxy groups -OCH3 is 2. The van der Waals surface area contributed by atoms with E-state index in [1.54, 1.807) is 14.2 Å². The molecule has 0 saturated heterocycles. The van der Waals surface area contributed by atoms with Crippen molar-refractivity contribution in [1.82, 2.24) is 9.80 Å². The number of fused-ring (bicyclic) bond motifs is 1. The van der Waals surface area contributed by atoms with E-state index in [1.165, 1.54) is 12.5 Å². The van der Waals surface area contributed by atoms with Gasteiger partial charge in [0.2, 0.25) is 11.8 Å². The molecule has 186 valence electrons. The fourth-order valence-corrected chi connectivity index (χ4v) is 4.17. The number of amides is 2. The van der Waals surface area contributed by atoms with E-state index in [0.29, 0.717) is 17.9 Å². The van der Waals surface area contributed by atoms with Gasteiger partial charge in [0.05, 0.1) is 20.6 Å². The summed E-state index contributed by atoms with van der Waals surface area (Å²) in [5.74, 6) is 1.49. The van der Waals surface area contributed by atoms with Gasteiger partial charge in [-0.05, 0) is 73.8 Å². The molecule has 0 atom stereocenters. The second kappa shape index (κ2) is 13.2. The number of likely N-dealkylation sites (N-methyl/N-ethyl adjacent to an activating group) is 1. The molecule has 0 spiro atoms. The maximum absolute atomic E-state index is 12.8. The van der Waals surface area contributed by atoms with Crippen LogP contribution < -0.4 is 14.8 Å². The number of carbonyl (C=O) groups excluding carboxylic acids is 2. The summed E-state index contributed by atoms with van der Waals surface area (Å²) in [5, 5.41) is 2.79. The first-order chi connectivity index (χ1) is 15.9. The van der Waals surface area contributed by atoms with Gasteiger partial charge in [0.15, 0.2) is 11.5 Å². The molecule has 0 fully saturated rings. The third kappa shape index (κ3) is 7.64. The minimum absolute atomic E-state index is 0. The number of nitrogens with one attached hydrogen (secondary N) is 1. The minimum Gasteiger partial charge on any atom is -0.493 e. The lowest BCUT2D eigenvalue weighted by atomic mass is 10.0. The van der Waals surface area contributed by atoms with Crippen molar-refractivity contribution in [3.63, 3.8) is 0 Å². The zero-order valence-corrected chi connectivity index (χ0v) is 21.4. The molecular weight excluding hydrogens is 454 g/mol. The first-order valence-electron chi connectivity index (χ1n) is 11.5. The van der Waals surface area contributed by atoms with Crippen molar-refractivity contribution in [3.05, 3.63) is 53.1 Å². The topological polar surface area (TPSA) is 71.1 Å². The molecule has 1 aliphatic heterocycles. The van der Waals surface area contributed by atoms with Gasteiger partial charge in [-0.3, -0.25) is 9.59 Å². The predicted octanol–water partition coefficient (Wildman–Crippen LogP) is 3.58. The van der Waals surface area contributed by atoms with Crippen molar-refractivity contribution in [2.45, 2.75) is 32.6 Å². The van der Waals surface area contributed by atoms with Crippen LogP contribution in [0, 0.1) is 0 Å². The lowest BCUT2D eigenvalue weighted by Gasteiger charge is -2.23. The van der Waals surface area contributed by atoms with Crippen molar-refractivity contribution < 1.29 is 19.1 Å². The van der Waals surface area contributed by atoms with Crippen LogP contribution in [0.1, 0.15) is 30.0 Å². The third-order valence-electron chi connectivity index (χ3n) is 6.08. The molecule has 2 aromatic rings. The third-order valence-corrected chi connectivity index (χ3v) is 6.08. The minimum atomic E-state index is -0.0614. The number of carbonyl (C=O) groups is 2. The number of ether oxygens (including phenoxy) is 2. The van der Waals surface area contributed by atoms with Gasteiger partial charge in [0.1, 0.15) is 0 Å². The monoisotopic (exact) mass is 489 g/mol. The zero-order valence-electron chi connectivity index (χ0n) is 20.6. The molecule has 8 heteroatoms. The normalized spacial score (nSPS) is 13.1. The van der Waals surface area contributed by atoms with Gasteiger partial charge in [-0.1, -0.05) is 12.1 Å². The molecular formula is C26H36ClN3O4. The van der Waals surface area contributed by atoms with Gasteiger partial charge in [-0.25, -0.2) is 0 Å². The van der Waals surface area contributed by atoms with Crippen molar-refractivity contribution in [2.75, 3.05) is 52.8 Å². The average Bonchev–Trinajstić information content (AvgIpc) is 2.95. The van der Waals surface area contributed by atoms with E-state index in [-0.39, 0.29) is 24.2 Å². The van der Waals surface area contributed by atoms with Crippen LogP contribution in [0.3, 0.4) is 0 Å². The van der Waals surface area contributed by atoms with Crippen LogP contribution in [0.2, 0.25) is 0 Å². The Kier molecular flexibility index (Phi) is 10.7. The number of hydrogen-bond donors (Lipinski definition) is 1. The fraction of sp³-hybridized carbons (Fsp3) is 0.462. The number of benzene rings is 2. The van der Waals surface area contributed by atoms with E-state index in [4.69, 9.17) is 9.47 Å². The van der Waals surface area contributed by atoms with Crippen molar-refractivity contribution in [3.8, 4) is 11.5 Å². The molecule has 0 aliphatic carbocycles. The van der Waals surface area contributed by atoms with Crippen LogP contribution in [0.15, 0.2) is 36.4 Å². The summed E-state index contributed by atoms with van der Waals surface area (Å²) in [6.07, 6.45) is 3.11. The van der Waals surface area contributed by atoms with Crippen LogP contribution in [0.4, 0.5) is 5.69 Å². The van der Waals surface area contributed by atoms with Gasteiger partial charge in [-0.15, -0.1) is 12.4 Å². The second-order valence-electron chi connectivity index (χ2n) is 8.57. The maximum atomic E-state index is 12.8. The van der Waals surface area contributed by atoms with Crippen molar-refractivity contribution in [1.29, 1.82) is 0 Å². The molecule has 3 rings (SSSR count). The lowest BCUT2D eigenvalue weighted by Crippen LogP contribution is -2.35. The predicted molar refractivity (Wildman–Crippen MR) is 137 cm³/mol. The largest absolute Gasteiger partial charge is 0.493 e. The van der Waals surface area contributed by atoms with Crippen LogP contribution in [-0.4, -0.2) is 69.1 Å².